The molecule has 1 heterocycles. The lowest BCUT2D eigenvalue weighted by molar-refractivity contribution is -0.137. The van der Waals surface area contributed by atoms with E-state index in [1.54, 1.807) is 20.8 Å². The molecular weight excluding hydrogens is 492 g/mol. The largest absolute Gasteiger partial charge is 0.493 e. The first kappa shape index (κ1) is 27.9. The van der Waals surface area contributed by atoms with Gasteiger partial charge in [0.2, 0.25) is 5.91 Å². The number of rotatable bonds is 8. The van der Waals surface area contributed by atoms with E-state index in [0.717, 1.165) is 19.1 Å². The molecule has 0 unspecified atom stereocenters. The van der Waals surface area contributed by atoms with E-state index >= 15 is 4.39 Å². The van der Waals surface area contributed by atoms with Crippen LogP contribution in [-0.2, 0) is 17.4 Å². The van der Waals surface area contributed by atoms with Crippen molar-refractivity contribution in [3.8, 4) is 28.0 Å². The van der Waals surface area contributed by atoms with Crippen LogP contribution in [0.15, 0.2) is 47.4 Å². The molecule has 3 N–H and O–H groups in total. The number of hydrogen-bond donors (Lipinski definition) is 3. The Hall–Kier alpha value is -3.66. The van der Waals surface area contributed by atoms with Crippen molar-refractivity contribution in [1.29, 1.82) is 0 Å². The molecule has 10 heteroatoms. The van der Waals surface area contributed by atoms with Gasteiger partial charge in [-0.3, -0.25) is 9.59 Å². The molecule has 1 amide bonds. The van der Waals surface area contributed by atoms with Crippen LogP contribution in [0.4, 0.5) is 23.2 Å². The Bertz CT molecular complexity index is 1360. The van der Waals surface area contributed by atoms with Crippen LogP contribution < -0.4 is 15.6 Å². The number of aromatic nitrogens is 1. The minimum absolute atomic E-state index is 0.00987. The van der Waals surface area contributed by atoms with Gasteiger partial charge in [0, 0.05) is 48.2 Å². The number of aliphatic hydroxyl groups is 1. The molecule has 0 spiro atoms. The van der Waals surface area contributed by atoms with E-state index in [1.807, 2.05) is 0 Å². The van der Waals surface area contributed by atoms with E-state index in [4.69, 9.17) is 4.74 Å². The van der Waals surface area contributed by atoms with E-state index in [-0.39, 0.29) is 58.9 Å². The summed E-state index contributed by atoms with van der Waals surface area (Å²) in [6.07, 6.45) is -3.69. The van der Waals surface area contributed by atoms with E-state index in [9.17, 15) is 27.9 Å². The number of H-pyrrole nitrogens is 1. The minimum atomic E-state index is -4.85. The molecule has 3 aromatic rings. The first-order valence-corrected chi connectivity index (χ1v) is 11.5. The number of halogens is 4. The van der Waals surface area contributed by atoms with Gasteiger partial charge in [-0.15, -0.1) is 0 Å². The van der Waals surface area contributed by atoms with Gasteiger partial charge in [0.25, 0.3) is 5.56 Å². The number of amides is 1. The summed E-state index contributed by atoms with van der Waals surface area (Å²) in [5, 5.41) is 12.1. The van der Waals surface area contributed by atoms with Gasteiger partial charge >= 0.3 is 6.18 Å². The van der Waals surface area contributed by atoms with Crippen molar-refractivity contribution in [2.24, 2.45) is 5.41 Å². The number of nitrogens with one attached hydrogen (secondary N) is 2. The summed E-state index contributed by atoms with van der Waals surface area (Å²) < 4.78 is 64.4. The molecular formula is C27H28F4N2O4. The van der Waals surface area contributed by atoms with E-state index in [0.29, 0.717) is 0 Å². The van der Waals surface area contributed by atoms with Crippen LogP contribution in [0.5, 0.6) is 5.75 Å². The van der Waals surface area contributed by atoms with Gasteiger partial charge in [0.1, 0.15) is 11.6 Å². The zero-order valence-electron chi connectivity index (χ0n) is 20.8. The molecule has 3 rings (SSSR count). The summed E-state index contributed by atoms with van der Waals surface area (Å²) >= 11 is 0. The second-order valence-electron chi connectivity index (χ2n) is 9.40. The molecule has 0 aliphatic rings. The number of pyridine rings is 1. The maximum Gasteiger partial charge on any atom is 0.417 e. The van der Waals surface area contributed by atoms with Crippen LogP contribution in [0, 0.1) is 11.2 Å². The Kier molecular flexibility index (Phi) is 8.12. The highest BCUT2D eigenvalue weighted by molar-refractivity contribution is 5.95. The molecule has 0 aliphatic carbocycles. The van der Waals surface area contributed by atoms with Gasteiger partial charge in [0.15, 0.2) is 0 Å². The van der Waals surface area contributed by atoms with Crippen LogP contribution in [0.1, 0.15) is 38.8 Å². The van der Waals surface area contributed by atoms with Crippen LogP contribution >= 0.6 is 0 Å². The molecule has 198 valence electrons. The quantitative estimate of drug-likeness (QED) is 0.328. The normalized spacial score (nSPS) is 11.9. The average Bonchev–Trinajstić information content (AvgIpc) is 2.79. The maximum absolute atomic E-state index is 15.4. The van der Waals surface area contributed by atoms with Crippen molar-refractivity contribution in [2.75, 3.05) is 18.5 Å². The van der Waals surface area contributed by atoms with Gasteiger partial charge in [0.05, 0.1) is 12.2 Å². The van der Waals surface area contributed by atoms with Crippen LogP contribution in [-0.4, -0.2) is 29.2 Å². The predicted octanol–water partition coefficient (Wildman–Crippen LogP) is 5.78. The van der Waals surface area contributed by atoms with Crippen molar-refractivity contribution in [3.63, 3.8) is 0 Å². The van der Waals surface area contributed by atoms with E-state index in [1.165, 1.54) is 30.5 Å². The summed E-state index contributed by atoms with van der Waals surface area (Å²) in [5.74, 6) is -1.32. The summed E-state index contributed by atoms with van der Waals surface area (Å²) in [4.78, 5) is 26.0. The van der Waals surface area contributed by atoms with E-state index in [2.05, 4.69) is 10.3 Å². The lowest BCUT2D eigenvalue weighted by atomic mass is 9.82. The molecule has 0 fully saturated rings. The fraction of sp³-hybridized carbons (Fsp3) is 0.333. The number of aromatic amines is 1. The monoisotopic (exact) mass is 520 g/mol. The fourth-order valence-electron chi connectivity index (χ4n) is 4.11. The molecule has 0 radical (unpaired) electrons. The summed E-state index contributed by atoms with van der Waals surface area (Å²) in [7, 11) is 0. The zero-order valence-corrected chi connectivity index (χ0v) is 20.8. The minimum Gasteiger partial charge on any atom is -0.493 e. The van der Waals surface area contributed by atoms with Crippen molar-refractivity contribution >= 4 is 11.6 Å². The summed E-state index contributed by atoms with van der Waals surface area (Å²) in [5.41, 5.74) is -2.82. The van der Waals surface area contributed by atoms with Gasteiger partial charge < -0.3 is 20.1 Å². The molecule has 0 saturated carbocycles. The highest BCUT2D eigenvalue weighted by atomic mass is 19.4. The van der Waals surface area contributed by atoms with Crippen molar-refractivity contribution in [3.05, 3.63) is 69.9 Å². The number of hydrogen-bond acceptors (Lipinski definition) is 4. The Morgan fingerprint density at radius 1 is 1.11 bits per heavy atom. The smallest absolute Gasteiger partial charge is 0.417 e. The third-order valence-electron chi connectivity index (χ3n) is 5.72. The molecule has 0 aliphatic heterocycles. The second kappa shape index (κ2) is 10.8. The second-order valence-corrected chi connectivity index (χ2v) is 9.40. The zero-order chi connectivity index (χ0) is 27.5. The lowest BCUT2D eigenvalue weighted by Gasteiger charge is -2.27. The molecule has 0 bridgehead atoms. The standard InChI is InChI=1S/C27H28F4N2O4/c1-5-37-22-11-23(36)32-13-19(22)18-8-6-16(10-20(18)28)24-21(33-15(2)35)9-7-17(12-26(3,4)14-34)25(24)27(29,30)31/h6-11,13,34H,5,12,14H2,1-4H3,(H,32,36)(H,33,35). The highest BCUT2D eigenvalue weighted by Gasteiger charge is 2.39. The molecule has 0 atom stereocenters. The summed E-state index contributed by atoms with van der Waals surface area (Å²) in [6, 6.07) is 7.32. The molecule has 37 heavy (non-hydrogen) atoms. The van der Waals surface area contributed by atoms with E-state index < -0.39 is 34.4 Å². The number of anilines is 1. The van der Waals surface area contributed by atoms with Gasteiger partial charge in [-0.25, -0.2) is 4.39 Å². The summed E-state index contributed by atoms with van der Waals surface area (Å²) in [6.45, 7) is 5.97. The van der Waals surface area contributed by atoms with Gasteiger partial charge in [-0.05, 0) is 42.0 Å². The Balaban J connectivity index is 2.29. The SMILES string of the molecule is CCOc1cc(=O)[nH]cc1-c1ccc(-c2c(NC(C)=O)ccc(CC(C)(C)CO)c2C(F)(F)F)cc1F. The lowest BCUT2D eigenvalue weighted by Crippen LogP contribution is -2.23. The van der Waals surface area contributed by atoms with Crippen LogP contribution in [0.3, 0.4) is 0 Å². The van der Waals surface area contributed by atoms with Crippen molar-refractivity contribution in [1.82, 2.24) is 4.98 Å². The fourth-order valence-corrected chi connectivity index (χ4v) is 4.11. The molecule has 2 aromatic carbocycles. The molecule has 1 aromatic heterocycles. The Labute approximate surface area is 211 Å². The third-order valence-corrected chi connectivity index (χ3v) is 5.72. The highest BCUT2D eigenvalue weighted by Crippen LogP contribution is 2.45. The predicted molar refractivity (Wildman–Crippen MR) is 133 cm³/mol. The first-order chi connectivity index (χ1) is 17.3. The van der Waals surface area contributed by atoms with Crippen LogP contribution in [0.2, 0.25) is 0 Å². The van der Waals surface area contributed by atoms with Gasteiger partial charge in [-0.2, -0.15) is 13.2 Å². The Morgan fingerprint density at radius 2 is 1.81 bits per heavy atom. The maximum atomic E-state index is 15.4. The number of benzene rings is 2. The molecule has 6 nitrogen and oxygen atoms in total. The van der Waals surface area contributed by atoms with Crippen LogP contribution in [0.25, 0.3) is 22.3 Å². The molecule has 0 saturated heterocycles. The number of carbonyl (C=O) groups excluding carboxylic acids is 1. The average molecular weight is 521 g/mol. The van der Waals surface area contributed by atoms with Gasteiger partial charge in [-0.1, -0.05) is 32.0 Å². The number of alkyl halides is 3. The van der Waals surface area contributed by atoms with Crippen molar-refractivity contribution < 1.29 is 32.2 Å². The number of carbonyl (C=O) groups is 1. The Morgan fingerprint density at radius 3 is 2.38 bits per heavy atom. The van der Waals surface area contributed by atoms with Crippen molar-refractivity contribution in [2.45, 2.75) is 40.3 Å². The third kappa shape index (κ3) is 6.37. The number of aliphatic hydroxyl groups excluding tert-OH is 1. The first-order valence-electron chi connectivity index (χ1n) is 11.5. The topological polar surface area (TPSA) is 91.4 Å². The number of ether oxygens (including phenoxy) is 1.